The van der Waals surface area contributed by atoms with E-state index in [4.69, 9.17) is 0 Å². The maximum absolute atomic E-state index is 11.8. The quantitative estimate of drug-likeness (QED) is 0.792. The molecule has 0 spiro atoms. The van der Waals surface area contributed by atoms with Crippen molar-refractivity contribution < 1.29 is 4.79 Å². The van der Waals surface area contributed by atoms with Crippen molar-refractivity contribution >= 4 is 5.91 Å². The van der Waals surface area contributed by atoms with Crippen LogP contribution in [0.2, 0.25) is 0 Å². The second kappa shape index (κ2) is 4.42. The van der Waals surface area contributed by atoms with Crippen LogP contribution in [0.5, 0.6) is 0 Å². The van der Waals surface area contributed by atoms with Crippen molar-refractivity contribution in [1.82, 2.24) is 20.7 Å². The topological polar surface area (TPSA) is 70.7 Å². The van der Waals surface area contributed by atoms with Crippen LogP contribution in [0.4, 0.5) is 0 Å². The number of H-pyrrole nitrogens is 1. The molecule has 5 heteroatoms. The Balaban J connectivity index is 2.67. The zero-order valence-corrected chi connectivity index (χ0v) is 9.66. The van der Waals surface area contributed by atoms with Crippen molar-refractivity contribution in [2.75, 3.05) is 0 Å². The number of nitrogens with one attached hydrogen (secondary N) is 2. The summed E-state index contributed by atoms with van der Waals surface area (Å²) in [5.74, 6) is 0.0253. The Bertz CT molecular complexity index is 313. The number of hydrogen-bond donors (Lipinski definition) is 2. The van der Waals surface area contributed by atoms with Crippen LogP contribution in [0.15, 0.2) is 6.20 Å². The number of aromatic amines is 1. The van der Waals surface area contributed by atoms with E-state index in [0.717, 1.165) is 12.1 Å². The lowest BCUT2D eigenvalue weighted by molar-refractivity contribution is -0.129. The molecule has 0 aliphatic rings. The van der Waals surface area contributed by atoms with Gasteiger partial charge in [-0.3, -0.25) is 4.79 Å². The van der Waals surface area contributed by atoms with Gasteiger partial charge in [-0.15, -0.1) is 0 Å². The van der Waals surface area contributed by atoms with Crippen molar-refractivity contribution in [3.05, 3.63) is 11.9 Å². The van der Waals surface area contributed by atoms with Crippen LogP contribution in [-0.4, -0.2) is 21.3 Å². The molecule has 1 aromatic rings. The predicted octanol–water partition coefficient (Wildman–Crippen LogP) is 1.42. The highest BCUT2D eigenvalue weighted by Gasteiger charge is 2.24. The highest BCUT2D eigenvalue weighted by atomic mass is 16.2. The second-order valence-corrected chi connectivity index (χ2v) is 4.58. The van der Waals surface area contributed by atoms with Crippen LogP contribution < -0.4 is 5.32 Å². The molecule has 1 atom stereocenters. The molecular formula is C10H18N4O. The van der Waals surface area contributed by atoms with E-state index in [-0.39, 0.29) is 17.4 Å². The summed E-state index contributed by atoms with van der Waals surface area (Å²) in [7, 11) is 0. The van der Waals surface area contributed by atoms with Gasteiger partial charge in [0.15, 0.2) is 0 Å². The molecule has 2 N–H and O–H groups in total. The molecule has 0 fully saturated rings. The molecule has 0 aliphatic carbocycles. The highest BCUT2D eigenvalue weighted by molar-refractivity contribution is 5.81. The lowest BCUT2D eigenvalue weighted by atomic mass is 9.95. The largest absolute Gasteiger partial charge is 0.347 e. The fourth-order valence-corrected chi connectivity index (χ4v) is 1.14. The monoisotopic (exact) mass is 210 g/mol. The van der Waals surface area contributed by atoms with Gasteiger partial charge in [0.2, 0.25) is 5.91 Å². The smallest absolute Gasteiger partial charge is 0.225 e. The third-order valence-electron chi connectivity index (χ3n) is 2.19. The zero-order chi connectivity index (χ0) is 11.5. The van der Waals surface area contributed by atoms with Crippen molar-refractivity contribution in [3.63, 3.8) is 0 Å². The van der Waals surface area contributed by atoms with Crippen molar-refractivity contribution in [2.45, 2.75) is 40.2 Å². The molecule has 0 saturated carbocycles. The van der Waals surface area contributed by atoms with E-state index in [1.54, 1.807) is 6.20 Å². The van der Waals surface area contributed by atoms with E-state index in [0.29, 0.717) is 0 Å². The first-order valence-corrected chi connectivity index (χ1v) is 5.11. The first-order valence-electron chi connectivity index (χ1n) is 5.11. The Hall–Kier alpha value is -1.39. The van der Waals surface area contributed by atoms with Gasteiger partial charge in [0.1, 0.15) is 5.69 Å². The van der Waals surface area contributed by atoms with E-state index in [9.17, 15) is 4.79 Å². The molecule has 1 unspecified atom stereocenters. The summed E-state index contributed by atoms with van der Waals surface area (Å²) in [5, 5.41) is 13.2. The molecule has 1 aromatic heterocycles. The lowest BCUT2D eigenvalue weighted by Gasteiger charge is -2.22. The Morgan fingerprint density at radius 2 is 2.27 bits per heavy atom. The molecule has 0 radical (unpaired) electrons. The first-order chi connectivity index (χ1) is 6.95. The molecule has 1 amide bonds. The highest BCUT2D eigenvalue weighted by Crippen LogP contribution is 2.18. The number of aromatic nitrogens is 3. The average molecular weight is 210 g/mol. The van der Waals surface area contributed by atoms with Crippen LogP contribution in [0.25, 0.3) is 0 Å². The predicted molar refractivity (Wildman–Crippen MR) is 57.0 cm³/mol. The van der Waals surface area contributed by atoms with Gasteiger partial charge in [-0.1, -0.05) is 27.7 Å². The Labute approximate surface area is 89.6 Å². The zero-order valence-electron chi connectivity index (χ0n) is 9.66. The van der Waals surface area contributed by atoms with Crippen molar-refractivity contribution in [2.24, 2.45) is 5.41 Å². The number of rotatable bonds is 3. The molecule has 5 nitrogen and oxygen atoms in total. The van der Waals surface area contributed by atoms with Gasteiger partial charge in [0.05, 0.1) is 12.2 Å². The number of nitrogens with zero attached hydrogens (tertiary/aromatic N) is 2. The van der Waals surface area contributed by atoms with Gasteiger partial charge in [-0.25, -0.2) is 0 Å². The van der Waals surface area contributed by atoms with Crippen LogP contribution >= 0.6 is 0 Å². The van der Waals surface area contributed by atoms with Gasteiger partial charge >= 0.3 is 0 Å². The number of carbonyl (C=O) groups is 1. The average Bonchev–Trinajstić information content (AvgIpc) is 2.64. The molecule has 1 heterocycles. The van der Waals surface area contributed by atoms with Gasteiger partial charge in [-0.05, 0) is 6.42 Å². The van der Waals surface area contributed by atoms with Gasteiger partial charge in [-0.2, -0.15) is 15.4 Å². The number of amides is 1. The van der Waals surface area contributed by atoms with Crippen molar-refractivity contribution in [3.8, 4) is 0 Å². The summed E-state index contributed by atoms with van der Waals surface area (Å²) in [4.78, 5) is 11.8. The van der Waals surface area contributed by atoms with E-state index in [1.165, 1.54) is 0 Å². The normalized spacial score (nSPS) is 13.6. The third kappa shape index (κ3) is 3.04. The van der Waals surface area contributed by atoms with Crippen molar-refractivity contribution in [1.29, 1.82) is 0 Å². The van der Waals surface area contributed by atoms with Crippen LogP contribution in [0.1, 0.15) is 45.9 Å². The summed E-state index contributed by atoms with van der Waals surface area (Å²) >= 11 is 0. The van der Waals surface area contributed by atoms with E-state index >= 15 is 0 Å². The summed E-state index contributed by atoms with van der Waals surface area (Å²) < 4.78 is 0. The molecular weight excluding hydrogens is 192 g/mol. The lowest BCUT2D eigenvalue weighted by Crippen LogP contribution is -2.37. The molecule has 0 aliphatic heterocycles. The SMILES string of the molecule is CCC(NC(=O)C(C)(C)C)c1cn[nH]n1. The van der Waals surface area contributed by atoms with E-state index in [1.807, 2.05) is 27.7 Å². The molecule has 84 valence electrons. The Morgan fingerprint density at radius 1 is 1.60 bits per heavy atom. The summed E-state index contributed by atoms with van der Waals surface area (Å²) in [6.07, 6.45) is 2.44. The molecule has 0 bridgehead atoms. The summed E-state index contributed by atoms with van der Waals surface area (Å²) in [6.45, 7) is 7.66. The van der Waals surface area contributed by atoms with Crippen LogP contribution in [-0.2, 0) is 4.79 Å². The molecule has 0 saturated heterocycles. The maximum Gasteiger partial charge on any atom is 0.225 e. The van der Waals surface area contributed by atoms with Gasteiger partial charge < -0.3 is 5.32 Å². The number of carbonyl (C=O) groups excluding carboxylic acids is 1. The Kier molecular flexibility index (Phi) is 3.44. The first kappa shape index (κ1) is 11.7. The molecule has 15 heavy (non-hydrogen) atoms. The maximum atomic E-state index is 11.8. The van der Waals surface area contributed by atoms with Crippen LogP contribution in [0, 0.1) is 5.41 Å². The Morgan fingerprint density at radius 3 is 2.67 bits per heavy atom. The van der Waals surface area contributed by atoms with Gasteiger partial charge in [0.25, 0.3) is 0 Å². The molecule has 0 aromatic carbocycles. The fraction of sp³-hybridized carbons (Fsp3) is 0.700. The van der Waals surface area contributed by atoms with E-state index in [2.05, 4.69) is 20.7 Å². The fourth-order valence-electron chi connectivity index (χ4n) is 1.14. The minimum absolute atomic E-state index is 0.0253. The summed E-state index contributed by atoms with van der Waals surface area (Å²) in [5.41, 5.74) is 0.395. The van der Waals surface area contributed by atoms with Crippen LogP contribution in [0.3, 0.4) is 0 Å². The second-order valence-electron chi connectivity index (χ2n) is 4.58. The number of hydrogen-bond acceptors (Lipinski definition) is 3. The standard InChI is InChI=1S/C10H18N4O/c1-5-7(8-6-11-14-13-8)12-9(15)10(2,3)4/h6-7H,5H2,1-4H3,(H,12,15)(H,11,13,14). The minimum atomic E-state index is -0.378. The van der Waals surface area contributed by atoms with Gasteiger partial charge in [0, 0.05) is 5.41 Å². The summed E-state index contributed by atoms with van der Waals surface area (Å²) in [6, 6.07) is -0.0597. The molecule has 1 rings (SSSR count). The van der Waals surface area contributed by atoms with E-state index < -0.39 is 0 Å². The third-order valence-corrected chi connectivity index (χ3v) is 2.19. The minimum Gasteiger partial charge on any atom is -0.347 e.